The van der Waals surface area contributed by atoms with Crippen LogP contribution in [0.4, 0.5) is 0 Å². The summed E-state index contributed by atoms with van der Waals surface area (Å²) >= 11 is 3.21. The second-order valence-corrected chi connectivity index (χ2v) is 4.38. The van der Waals surface area contributed by atoms with E-state index in [1.54, 1.807) is 11.6 Å². The van der Waals surface area contributed by atoms with Crippen molar-refractivity contribution in [1.29, 1.82) is 0 Å². The maximum Gasteiger partial charge on any atom is 0.357 e. The smallest absolute Gasteiger partial charge is 0.357 e. The van der Waals surface area contributed by atoms with Gasteiger partial charge in [0.2, 0.25) is 0 Å². The SMILES string of the molecule is CC(C)Cc1nc(C(=O)O)c(Br)n1C. The van der Waals surface area contributed by atoms with Gasteiger partial charge in [-0.3, -0.25) is 0 Å². The molecule has 0 radical (unpaired) electrons. The molecule has 1 aromatic rings. The average molecular weight is 261 g/mol. The van der Waals surface area contributed by atoms with E-state index in [1.165, 1.54) is 0 Å². The molecule has 0 aromatic carbocycles. The Morgan fingerprint density at radius 1 is 1.64 bits per heavy atom. The van der Waals surface area contributed by atoms with E-state index in [2.05, 4.69) is 34.8 Å². The quantitative estimate of drug-likeness (QED) is 0.906. The topological polar surface area (TPSA) is 55.1 Å². The molecule has 4 nitrogen and oxygen atoms in total. The molecule has 78 valence electrons. The third-order valence-electron chi connectivity index (χ3n) is 1.91. The van der Waals surface area contributed by atoms with Crippen molar-refractivity contribution >= 4 is 21.9 Å². The Kier molecular flexibility index (Phi) is 3.31. The fourth-order valence-corrected chi connectivity index (χ4v) is 1.67. The van der Waals surface area contributed by atoms with Gasteiger partial charge < -0.3 is 9.67 Å². The van der Waals surface area contributed by atoms with E-state index in [1.807, 2.05) is 0 Å². The number of carboxylic acid groups (broad SMARTS) is 1. The molecule has 0 atom stereocenters. The number of aromatic nitrogens is 2. The largest absolute Gasteiger partial charge is 0.476 e. The van der Waals surface area contributed by atoms with Crippen LogP contribution in [-0.2, 0) is 13.5 Å². The molecule has 0 spiro atoms. The minimum atomic E-state index is -0.998. The van der Waals surface area contributed by atoms with Crippen LogP contribution in [0.2, 0.25) is 0 Å². The zero-order chi connectivity index (χ0) is 10.9. The number of hydrogen-bond donors (Lipinski definition) is 1. The van der Waals surface area contributed by atoms with Gasteiger partial charge in [-0.1, -0.05) is 13.8 Å². The highest BCUT2D eigenvalue weighted by Gasteiger charge is 2.18. The fraction of sp³-hybridized carbons (Fsp3) is 0.556. The van der Waals surface area contributed by atoms with Crippen LogP contribution in [0.5, 0.6) is 0 Å². The van der Waals surface area contributed by atoms with Gasteiger partial charge in [0.05, 0.1) is 0 Å². The first-order chi connectivity index (χ1) is 6.43. The lowest BCUT2D eigenvalue weighted by Gasteiger charge is -2.04. The zero-order valence-electron chi connectivity index (χ0n) is 8.41. The molecule has 0 amide bonds. The summed E-state index contributed by atoms with van der Waals surface area (Å²) in [5, 5.41) is 8.83. The molecule has 1 aromatic heterocycles. The van der Waals surface area contributed by atoms with Crippen molar-refractivity contribution in [3.8, 4) is 0 Å². The summed E-state index contributed by atoms with van der Waals surface area (Å²) < 4.78 is 2.30. The standard InChI is InChI=1S/C9H13BrN2O2/c1-5(2)4-6-11-7(9(13)14)8(10)12(6)3/h5H,4H2,1-3H3,(H,13,14). The number of carboxylic acids is 1. The third kappa shape index (κ3) is 2.15. The molecule has 1 heterocycles. The van der Waals surface area contributed by atoms with Crippen molar-refractivity contribution in [3.05, 3.63) is 16.1 Å². The van der Waals surface area contributed by atoms with Gasteiger partial charge in [-0.2, -0.15) is 0 Å². The molecule has 5 heteroatoms. The molecule has 0 aliphatic rings. The lowest BCUT2D eigenvalue weighted by atomic mass is 10.1. The van der Waals surface area contributed by atoms with Gasteiger partial charge in [0, 0.05) is 13.5 Å². The van der Waals surface area contributed by atoms with E-state index < -0.39 is 5.97 Å². The summed E-state index contributed by atoms with van der Waals surface area (Å²) in [5.41, 5.74) is 0.0863. The minimum absolute atomic E-state index is 0.0863. The third-order valence-corrected chi connectivity index (χ3v) is 2.82. The van der Waals surface area contributed by atoms with Crippen LogP contribution in [0.1, 0.15) is 30.2 Å². The first-order valence-electron chi connectivity index (χ1n) is 4.37. The van der Waals surface area contributed by atoms with Crippen LogP contribution in [0, 0.1) is 5.92 Å². The fourth-order valence-electron chi connectivity index (χ4n) is 1.21. The number of nitrogens with zero attached hydrogens (tertiary/aromatic N) is 2. The second-order valence-electron chi connectivity index (χ2n) is 3.63. The molecule has 0 saturated heterocycles. The van der Waals surface area contributed by atoms with E-state index in [4.69, 9.17) is 5.11 Å². The molecular formula is C9H13BrN2O2. The van der Waals surface area contributed by atoms with Gasteiger partial charge in [-0.05, 0) is 21.8 Å². The van der Waals surface area contributed by atoms with Crippen LogP contribution in [0.3, 0.4) is 0 Å². The predicted octanol–water partition coefficient (Wildman–Crippen LogP) is 2.08. The number of hydrogen-bond acceptors (Lipinski definition) is 2. The van der Waals surface area contributed by atoms with Gasteiger partial charge in [-0.15, -0.1) is 0 Å². The van der Waals surface area contributed by atoms with Crippen LogP contribution in [0.25, 0.3) is 0 Å². The van der Waals surface area contributed by atoms with E-state index in [0.717, 1.165) is 12.2 Å². The van der Waals surface area contributed by atoms with Gasteiger partial charge in [0.1, 0.15) is 10.4 Å². The van der Waals surface area contributed by atoms with Gasteiger partial charge >= 0.3 is 5.97 Å². The molecule has 1 N–H and O–H groups in total. The van der Waals surface area contributed by atoms with Crippen molar-refractivity contribution in [1.82, 2.24) is 9.55 Å². The first kappa shape index (κ1) is 11.2. The lowest BCUT2D eigenvalue weighted by Crippen LogP contribution is -2.02. The van der Waals surface area contributed by atoms with Crippen molar-refractivity contribution < 1.29 is 9.90 Å². The van der Waals surface area contributed by atoms with Gasteiger partial charge in [0.15, 0.2) is 5.69 Å². The van der Waals surface area contributed by atoms with Crippen LogP contribution < -0.4 is 0 Å². The Labute approximate surface area is 91.1 Å². The summed E-state index contributed by atoms with van der Waals surface area (Å²) in [6, 6.07) is 0. The Balaban J connectivity index is 3.08. The Morgan fingerprint density at radius 3 is 2.57 bits per heavy atom. The van der Waals surface area contributed by atoms with E-state index in [-0.39, 0.29) is 5.69 Å². The summed E-state index contributed by atoms with van der Waals surface area (Å²) in [7, 11) is 1.81. The van der Waals surface area contributed by atoms with Crippen molar-refractivity contribution in [2.24, 2.45) is 13.0 Å². The Morgan fingerprint density at radius 2 is 2.21 bits per heavy atom. The van der Waals surface area contributed by atoms with Crippen LogP contribution in [-0.4, -0.2) is 20.6 Å². The zero-order valence-corrected chi connectivity index (χ0v) is 10.00. The number of imidazole rings is 1. The van der Waals surface area contributed by atoms with Gasteiger partial charge in [0.25, 0.3) is 0 Å². The number of halogens is 1. The monoisotopic (exact) mass is 260 g/mol. The highest BCUT2D eigenvalue weighted by atomic mass is 79.9. The predicted molar refractivity (Wildman–Crippen MR) is 56.4 cm³/mol. The van der Waals surface area contributed by atoms with Crippen molar-refractivity contribution in [2.45, 2.75) is 20.3 Å². The van der Waals surface area contributed by atoms with Crippen molar-refractivity contribution in [3.63, 3.8) is 0 Å². The number of aromatic carboxylic acids is 1. The minimum Gasteiger partial charge on any atom is -0.476 e. The van der Waals surface area contributed by atoms with E-state index in [9.17, 15) is 4.79 Å². The van der Waals surface area contributed by atoms with E-state index in [0.29, 0.717) is 10.5 Å². The molecule has 0 unspecified atom stereocenters. The van der Waals surface area contributed by atoms with Crippen molar-refractivity contribution in [2.75, 3.05) is 0 Å². The maximum atomic E-state index is 10.8. The van der Waals surface area contributed by atoms with Crippen LogP contribution >= 0.6 is 15.9 Å². The average Bonchev–Trinajstić information content (AvgIpc) is 2.32. The summed E-state index contributed by atoms with van der Waals surface area (Å²) in [6.45, 7) is 4.14. The molecule has 0 fully saturated rings. The second kappa shape index (κ2) is 4.13. The summed E-state index contributed by atoms with van der Waals surface area (Å²) in [5.74, 6) is 0.261. The van der Waals surface area contributed by atoms with Crippen LogP contribution in [0.15, 0.2) is 4.60 Å². The summed E-state index contributed by atoms with van der Waals surface area (Å²) in [6.07, 6.45) is 0.780. The maximum absolute atomic E-state index is 10.8. The number of rotatable bonds is 3. The number of carbonyl (C=O) groups is 1. The summed E-state index contributed by atoms with van der Waals surface area (Å²) in [4.78, 5) is 14.8. The Hall–Kier alpha value is -0.840. The molecule has 0 aliphatic carbocycles. The highest BCUT2D eigenvalue weighted by Crippen LogP contribution is 2.19. The highest BCUT2D eigenvalue weighted by molar-refractivity contribution is 9.10. The lowest BCUT2D eigenvalue weighted by molar-refractivity contribution is 0.0689. The molecular weight excluding hydrogens is 248 g/mol. The molecule has 0 aliphatic heterocycles. The molecule has 0 saturated carbocycles. The molecule has 14 heavy (non-hydrogen) atoms. The molecule has 1 rings (SSSR count). The molecule has 0 bridgehead atoms. The van der Waals surface area contributed by atoms with E-state index >= 15 is 0 Å². The van der Waals surface area contributed by atoms with Gasteiger partial charge in [-0.25, -0.2) is 9.78 Å². The normalized spacial score (nSPS) is 10.9. The first-order valence-corrected chi connectivity index (χ1v) is 5.17. The Bertz CT molecular complexity index is 358.